The van der Waals surface area contributed by atoms with Gasteiger partial charge in [0.1, 0.15) is 23.7 Å². The van der Waals surface area contributed by atoms with E-state index in [-0.39, 0.29) is 12.0 Å². The lowest BCUT2D eigenvalue weighted by molar-refractivity contribution is 0.301. The first-order valence-corrected chi connectivity index (χ1v) is 7.97. The number of para-hydroxylation sites is 1. The van der Waals surface area contributed by atoms with E-state index in [0.29, 0.717) is 29.1 Å². The molecular formula is C20H16N2O3. The molecule has 124 valence electrons. The third kappa shape index (κ3) is 3.09. The van der Waals surface area contributed by atoms with E-state index >= 15 is 0 Å². The second kappa shape index (κ2) is 6.37. The Morgan fingerprint density at radius 1 is 1.04 bits per heavy atom. The van der Waals surface area contributed by atoms with Gasteiger partial charge in [0, 0.05) is 17.5 Å². The van der Waals surface area contributed by atoms with Crippen molar-refractivity contribution in [2.45, 2.75) is 13.2 Å². The zero-order chi connectivity index (χ0) is 17.2. The van der Waals surface area contributed by atoms with Crippen LogP contribution in [0.15, 0.2) is 69.9 Å². The van der Waals surface area contributed by atoms with Gasteiger partial charge in [0.25, 0.3) is 0 Å². The molecule has 2 aromatic carbocycles. The van der Waals surface area contributed by atoms with Crippen molar-refractivity contribution in [1.82, 2.24) is 4.98 Å². The molecule has 0 aliphatic carbocycles. The molecule has 0 saturated heterocycles. The summed E-state index contributed by atoms with van der Waals surface area (Å²) in [5.74, 6) is 1.06. The quantitative estimate of drug-likeness (QED) is 0.620. The summed E-state index contributed by atoms with van der Waals surface area (Å²) in [6.45, 7) is 0.508. The highest BCUT2D eigenvalue weighted by Gasteiger charge is 2.06. The van der Waals surface area contributed by atoms with Crippen LogP contribution in [0.2, 0.25) is 0 Å². The Morgan fingerprint density at radius 2 is 1.92 bits per heavy atom. The van der Waals surface area contributed by atoms with Crippen molar-refractivity contribution in [3.63, 3.8) is 0 Å². The zero-order valence-electron chi connectivity index (χ0n) is 13.4. The molecule has 25 heavy (non-hydrogen) atoms. The predicted molar refractivity (Wildman–Crippen MR) is 96.5 cm³/mol. The lowest BCUT2D eigenvalue weighted by atomic mass is 10.2. The maximum atomic E-state index is 12.0. The van der Waals surface area contributed by atoms with Crippen LogP contribution in [0, 0.1) is 0 Å². The molecule has 2 N–H and O–H groups in total. The lowest BCUT2D eigenvalue weighted by Gasteiger charge is -2.08. The van der Waals surface area contributed by atoms with Gasteiger partial charge in [0.05, 0.1) is 23.1 Å². The minimum absolute atomic E-state index is 0.107. The van der Waals surface area contributed by atoms with Crippen LogP contribution in [-0.4, -0.2) is 4.98 Å². The molecule has 0 aliphatic heterocycles. The Morgan fingerprint density at radius 3 is 2.80 bits per heavy atom. The van der Waals surface area contributed by atoms with Gasteiger partial charge in [-0.2, -0.15) is 0 Å². The number of ether oxygens (including phenoxy) is 1. The second-order valence-corrected chi connectivity index (χ2v) is 5.72. The van der Waals surface area contributed by atoms with E-state index < -0.39 is 0 Å². The fourth-order valence-electron chi connectivity index (χ4n) is 2.72. The highest BCUT2D eigenvalue weighted by Crippen LogP contribution is 2.21. The summed E-state index contributed by atoms with van der Waals surface area (Å²) in [5, 5.41) is 1.60. The molecular weight excluding hydrogens is 316 g/mol. The number of nitrogens with two attached hydrogens (primary N) is 1. The van der Waals surface area contributed by atoms with Crippen LogP contribution in [-0.2, 0) is 13.2 Å². The van der Waals surface area contributed by atoms with E-state index in [0.717, 1.165) is 16.6 Å². The molecule has 4 rings (SSSR count). The average molecular weight is 332 g/mol. The van der Waals surface area contributed by atoms with Gasteiger partial charge < -0.3 is 14.9 Å². The molecule has 5 heteroatoms. The summed E-state index contributed by atoms with van der Waals surface area (Å²) in [7, 11) is 0. The Bertz CT molecular complexity index is 1120. The van der Waals surface area contributed by atoms with Crippen LogP contribution in [0.25, 0.3) is 21.9 Å². The molecule has 0 fully saturated rings. The van der Waals surface area contributed by atoms with Gasteiger partial charge in [0.2, 0.25) is 0 Å². The summed E-state index contributed by atoms with van der Waals surface area (Å²) >= 11 is 0. The molecule has 4 aromatic rings. The van der Waals surface area contributed by atoms with E-state index in [9.17, 15) is 4.79 Å². The standard InChI is InChI=1S/C20H16N2O3/c21-11-16-9-19(23)17-8-7-15(10-20(17)25-16)24-12-14-6-5-13-3-1-2-4-18(13)22-14/h1-10H,11-12,21H2. The van der Waals surface area contributed by atoms with E-state index in [4.69, 9.17) is 14.9 Å². The van der Waals surface area contributed by atoms with Crippen LogP contribution in [0.3, 0.4) is 0 Å². The zero-order valence-corrected chi connectivity index (χ0v) is 13.4. The molecule has 0 radical (unpaired) electrons. The van der Waals surface area contributed by atoms with Crippen molar-refractivity contribution in [1.29, 1.82) is 0 Å². The van der Waals surface area contributed by atoms with Crippen LogP contribution in [0.5, 0.6) is 5.75 Å². The molecule has 2 aromatic heterocycles. The third-order valence-corrected chi connectivity index (χ3v) is 4.00. The number of hydrogen-bond donors (Lipinski definition) is 1. The third-order valence-electron chi connectivity index (χ3n) is 4.00. The highest BCUT2D eigenvalue weighted by molar-refractivity contribution is 5.79. The maximum absolute atomic E-state index is 12.0. The summed E-state index contributed by atoms with van der Waals surface area (Å²) in [5.41, 5.74) is 7.68. The minimum atomic E-state index is -0.107. The molecule has 0 unspecified atom stereocenters. The smallest absolute Gasteiger partial charge is 0.193 e. The van der Waals surface area contributed by atoms with Gasteiger partial charge in [-0.15, -0.1) is 0 Å². The van der Waals surface area contributed by atoms with Crippen LogP contribution < -0.4 is 15.9 Å². The second-order valence-electron chi connectivity index (χ2n) is 5.72. The first-order valence-electron chi connectivity index (χ1n) is 7.97. The number of fused-ring (bicyclic) bond motifs is 2. The minimum Gasteiger partial charge on any atom is -0.487 e. The predicted octanol–water partition coefficient (Wildman–Crippen LogP) is 3.38. The molecule has 2 heterocycles. The normalized spacial score (nSPS) is 11.1. The Kier molecular flexibility index (Phi) is 3.91. The highest BCUT2D eigenvalue weighted by atomic mass is 16.5. The average Bonchev–Trinajstić information content (AvgIpc) is 2.65. The summed E-state index contributed by atoms with van der Waals surface area (Å²) < 4.78 is 11.4. The fourth-order valence-corrected chi connectivity index (χ4v) is 2.72. The molecule has 0 saturated carbocycles. The van der Waals surface area contributed by atoms with Gasteiger partial charge in [-0.25, -0.2) is 4.98 Å². The van der Waals surface area contributed by atoms with Gasteiger partial charge in [-0.3, -0.25) is 4.79 Å². The largest absolute Gasteiger partial charge is 0.487 e. The number of rotatable bonds is 4. The van der Waals surface area contributed by atoms with Gasteiger partial charge >= 0.3 is 0 Å². The van der Waals surface area contributed by atoms with Gasteiger partial charge in [-0.1, -0.05) is 24.3 Å². The van der Waals surface area contributed by atoms with Crippen LogP contribution in [0.4, 0.5) is 0 Å². The van der Waals surface area contributed by atoms with Crippen LogP contribution >= 0.6 is 0 Å². The van der Waals surface area contributed by atoms with Crippen molar-refractivity contribution >= 4 is 21.9 Å². The van der Waals surface area contributed by atoms with Crippen molar-refractivity contribution < 1.29 is 9.15 Å². The van der Waals surface area contributed by atoms with Crippen molar-refractivity contribution in [3.8, 4) is 5.75 Å². The Hall–Kier alpha value is -3.18. The summed E-state index contributed by atoms with van der Waals surface area (Å²) in [4.78, 5) is 16.6. The topological polar surface area (TPSA) is 78.4 Å². The molecule has 0 bridgehead atoms. The Balaban J connectivity index is 1.60. The lowest BCUT2D eigenvalue weighted by Crippen LogP contribution is -2.05. The number of pyridine rings is 1. The van der Waals surface area contributed by atoms with E-state index in [1.165, 1.54) is 6.07 Å². The molecule has 0 spiro atoms. The first kappa shape index (κ1) is 15.4. The van der Waals surface area contributed by atoms with Crippen LogP contribution in [0.1, 0.15) is 11.5 Å². The molecule has 5 nitrogen and oxygen atoms in total. The van der Waals surface area contributed by atoms with Gasteiger partial charge in [-0.05, 0) is 24.3 Å². The van der Waals surface area contributed by atoms with Crippen molar-refractivity contribution in [2.75, 3.05) is 0 Å². The number of hydrogen-bond acceptors (Lipinski definition) is 5. The maximum Gasteiger partial charge on any atom is 0.193 e. The number of nitrogens with zero attached hydrogens (tertiary/aromatic N) is 1. The fraction of sp³-hybridized carbons (Fsp3) is 0.100. The molecule has 0 atom stereocenters. The summed E-state index contributed by atoms with van der Waals surface area (Å²) in [6.07, 6.45) is 0. The van der Waals surface area contributed by atoms with Crippen molar-refractivity contribution in [2.24, 2.45) is 5.73 Å². The van der Waals surface area contributed by atoms with Crippen molar-refractivity contribution in [3.05, 3.63) is 82.3 Å². The van der Waals surface area contributed by atoms with E-state index in [2.05, 4.69) is 4.98 Å². The first-order chi connectivity index (χ1) is 12.2. The Labute approximate surface area is 143 Å². The molecule has 0 amide bonds. The number of aromatic nitrogens is 1. The summed E-state index contributed by atoms with van der Waals surface area (Å²) in [6, 6.07) is 18.5. The van der Waals surface area contributed by atoms with E-state index in [1.807, 2.05) is 36.4 Å². The SMILES string of the molecule is NCc1cc(=O)c2ccc(OCc3ccc4ccccc4n3)cc2o1. The monoisotopic (exact) mass is 332 g/mol. The van der Waals surface area contributed by atoms with Gasteiger partial charge in [0.15, 0.2) is 5.43 Å². The van der Waals surface area contributed by atoms with E-state index in [1.54, 1.807) is 18.2 Å². The number of benzene rings is 2. The molecule has 0 aliphatic rings.